The second-order valence-corrected chi connectivity index (χ2v) is 9.66. The molecule has 0 unspecified atom stereocenters. The van der Waals surface area contributed by atoms with Gasteiger partial charge in [0.25, 0.3) is 5.69 Å². The first-order valence-electron chi connectivity index (χ1n) is 12.8. The Hall–Kier alpha value is -4.71. The van der Waals surface area contributed by atoms with Gasteiger partial charge in [-0.15, -0.1) is 0 Å². The number of allylic oxidation sites excluding steroid dienone is 2. The minimum absolute atomic E-state index is 0.0658. The van der Waals surface area contributed by atoms with E-state index in [0.29, 0.717) is 24.2 Å². The van der Waals surface area contributed by atoms with E-state index in [4.69, 9.17) is 9.73 Å². The van der Waals surface area contributed by atoms with Gasteiger partial charge in [0, 0.05) is 35.5 Å². The molecule has 1 aliphatic carbocycles. The lowest BCUT2D eigenvalue weighted by Crippen LogP contribution is -2.28. The highest BCUT2D eigenvalue weighted by molar-refractivity contribution is 5.85. The van der Waals surface area contributed by atoms with Crippen LogP contribution in [0.1, 0.15) is 40.6 Å². The van der Waals surface area contributed by atoms with Gasteiger partial charge < -0.3 is 10.1 Å². The van der Waals surface area contributed by atoms with Crippen molar-refractivity contribution in [1.29, 1.82) is 0 Å². The minimum atomic E-state index is -0.406. The molecular weight excluding hydrogens is 474 g/mol. The Bertz CT molecular complexity index is 1510. The fourth-order valence-corrected chi connectivity index (χ4v) is 5.38. The number of non-ortho nitro benzene ring substituents is 1. The van der Waals surface area contributed by atoms with Crippen LogP contribution in [0.4, 0.5) is 17.1 Å². The molecule has 1 heterocycles. The molecule has 0 radical (unpaired) electrons. The van der Waals surface area contributed by atoms with Crippen LogP contribution in [-0.4, -0.2) is 11.1 Å². The molecule has 0 bridgehead atoms. The smallest absolute Gasteiger partial charge is 0.269 e. The van der Waals surface area contributed by atoms with E-state index in [0.717, 1.165) is 23.2 Å². The second-order valence-electron chi connectivity index (χ2n) is 9.66. The summed E-state index contributed by atoms with van der Waals surface area (Å²) in [5, 5.41) is 14.6. The Morgan fingerprint density at radius 2 is 1.71 bits per heavy atom. The normalized spacial score (nSPS) is 19.5. The zero-order chi connectivity index (χ0) is 25.9. The number of ether oxygens (including phenoxy) is 1. The zero-order valence-corrected chi connectivity index (χ0v) is 20.7. The molecule has 4 aromatic rings. The molecule has 6 rings (SSSR count). The predicted molar refractivity (Wildman–Crippen MR) is 150 cm³/mol. The molecule has 0 fully saturated rings. The van der Waals surface area contributed by atoms with E-state index in [1.807, 2.05) is 30.5 Å². The SMILES string of the molecule is O=[N+]([O-])c1ccc(COc2ccccc2C=Nc2ccc([C@@H]3Nc4ccccc4[C@@H]4C=CC[C@@H]43)cc2)cc1. The van der Waals surface area contributed by atoms with Crippen LogP contribution < -0.4 is 10.1 Å². The Labute approximate surface area is 221 Å². The van der Waals surface area contributed by atoms with Gasteiger partial charge in [0.1, 0.15) is 12.4 Å². The summed E-state index contributed by atoms with van der Waals surface area (Å²) in [5.41, 5.74) is 6.53. The maximum Gasteiger partial charge on any atom is 0.269 e. The number of nitro groups is 1. The van der Waals surface area contributed by atoms with Crippen molar-refractivity contribution in [3.05, 3.63) is 142 Å². The Kier molecular flexibility index (Phi) is 6.44. The lowest BCUT2D eigenvalue weighted by Gasteiger charge is -2.37. The molecule has 6 heteroatoms. The number of anilines is 1. The molecule has 0 saturated carbocycles. The number of hydrogen-bond donors (Lipinski definition) is 1. The maximum atomic E-state index is 10.9. The maximum absolute atomic E-state index is 10.9. The van der Waals surface area contributed by atoms with Crippen LogP contribution in [0.25, 0.3) is 0 Å². The molecule has 2 aliphatic rings. The highest BCUT2D eigenvalue weighted by atomic mass is 16.6. The van der Waals surface area contributed by atoms with Crippen molar-refractivity contribution in [1.82, 2.24) is 0 Å². The van der Waals surface area contributed by atoms with E-state index in [2.05, 4.69) is 66.0 Å². The summed E-state index contributed by atoms with van der Waals surface area (Å²) in [6.07, 6.45) is 7.56. The number of fused-ring (bicyclic) bond motifs is 3. The molecule has 4 aromatic carbocycles. The van der Waals surface area contributed by atoms with Crippen molar-refractivity contribution >= 4 is 23.3 Å². The predicted octanol–water partition coefficient (Wildman–Crippen LogP) is 7.75. The zero-order valence-electron chi connectivity index (χ0n) is 20.7. The fourth-order valence-electron chi connectivity index (χ4n) is 5.38. The van der Waals surface area contributed by atoms with Gasteiger partial charge in [-0.05, 0) is 71.5 Å². The average Bonchev–Trinajstić information content (AvgIpc) is 3.46. The lowest BCUT2D eigenvalue weighted by molar-refractivity contribution is -0.384. The number of hydrogen-bond acceptors (Lipinski definition) is 5. The molecule has 188 valence electrons. The lowest BCUT2D eigenvalue weighted by atomic mass is 9.77. The summed E-state index contributed by atoms with van der Waals surface area (Å²) in [4.78, 5) is 15.2. The number of nitro benzene ring substituents is 1. The highest BCUT2D eigenvalue weighted by Crippen LogP contribution is 2.49. The van der Waals surface area contributed by atoms with Crippen LogP contribution in [0.2, 0.25) is 0 Å². The van der Waals surface area contributed by atoms with Crippen molar-refractivity contribution in [3.8, 4) is 5.75 Å². The third-order valence-electron chi connectivity index (χ3n) is 7.34. The Morgan fingerprint density at radius 1 is 0.947 bits per heavy atom. The molecule has 38 heavy (non-hydrogen) atoms. The summed E-state index contributed by atoms with van der Waals surface area (Å²) in [6, 6.07) is 31.4. The monoisotopic (exact) mass is 501 g/mol. The van der Waals surface area contributed by atoms with E-state index in [-0.39, 0.29) is 11.7 Å². The summed E-state index contributed by atoms with van der Waals surface area (Å²) in [5.74, 6) is 1.67. The van der Waals surface area contributed by atoms with E-state index in [1.165, 1.54) is 28.9 Å². The molecule has 6 nitrogen and oxygen atoms in total. The highest BCUT2D eigenvalue weighted by Gasteiger charge is 2.37. The first kappa shape index (κ1) is 23.7. The third kappa shape index (κ3) is 4.81. The van der Waals surface area contributed by atoms with Crippen LogP contribution in [0.5, 0.6) is 5.75 Å². The summed E-state index contributed by atoms with van der Waals surface area (Å²) in [7, 11) is 0. The minimum Gasteiger partial charge on any atom is -0.488 e. The molecule has 0 saturated heterocycles. The topological polar surface area (TPSA) is 76.8 Å². The quantitative estimate of drug-likeness (QED) is 0.122. The third-order valence-corrected chi connectivity index (χ3v) is 7.34. The Balaban J connectivity index is 1.15. The van der Waals surface area contributed by atoms with Crippen LogP contribution in [0.3, 0.4) is 0 Å². The standard InChI is InChI=1S/C32H27N3O3/c36-35(37)26-18-12-22(13-19-26)21-38-31-11-4-1-6-24(31)20-33-25-16-14-23(15-17-25)32-29-9-5-8-27(29)28-7-2-3-10-30(28)34-32/h1-8,10-20,27,29,32,34H,9,21H2/t27-,29-,32-/m0/s1. The van der Waals surface area contributed by atoms with Crippen molar-refractivity contribution < 1.29 is 9.66 Å². The number of rotatable bonds is 7. The number of nitrogens with zero attached hydrogens (tertiary/aromatic N) is 2. The van der Waals surface area contributed by atoms with Gasteiger partial charge in [-0.2, -0.15) is 0 Å². The van der Waals surface area contributed by atoms with Gasteiger partial charge in [0.15, 0.2) is 0 Å². The van der Waals surface area contributed by atoms with Gasteiger partial charge in [0.2, 0.25) is 0 Å². The van der Waals surface area contributed by atoms with Crippen LogP contribution >= 0.6 is 0 Å². The number of nitrogens with one attached hydrogen (secondary N) is 1. The Morgan fingerprint density at radius 3 is 2.53 bits per heavy atom. The summed E-state index contributed by atoms with van der Waals surface area (Å²) < 4.78 is 6.00. The summed E-state index contributed by atoms with van der Waals surface area (Å²) >= 11 is 0. The van der Waals surface area contributed by atoms with E-state index >= 15 is 0 Å². The van der Waals surface area contributed by atoms with Crippen molar-refractivity contribution in [2.75, 3.05) is 5.32 Å². The molecule has 1 N–H and O–H groups in total. The van der Waals surface area contributed by atoms with Gasteiger partial charge >= 0.3 is 0 Å². The number of benzene rings is 4. The van der Waals surface area contributed by atoms with E-state index in [9.17, 15) is 10.1 Å². The average molecular weight is 502 g/mol. The van der Waals surface area contributed by atoms with Crippen LogP contribution in [0, 0.1) is 16.0 Å². The first-order chi connectivity index (χ1) is 18.7. The first-order valence-corrected chi connectivity index (χ1v) is 12.8. The van der Waals surface area contributed by atoms with Gasteiger partial charge in [-0.25, -0.2) is 0 Å². The van der Waals surface area contributed by atoms with Gasteiger partial charge in [-0.3, -0.25) is 15.1 Å². The molecule has 0 aromatic heterocycles. The molecule has 0 spiro atoms. The second kappa shape index (κ2) is 10.3. The van der Waals surface area contributed by atoms with Crippen molar-refractivity contribution in [2.45, 2.75) is 25.0 Å². The molecule has 3 atom stereocenters. The van der Waals surface area contributed by atoms with Crippen LogP contribution in [-0.2, 0) is 6.61 Å². The van der Waals surface area contributed by atoms with Crippen molar-refractivity contribution in [3.63, 3.8) is 0 Å². The largest absolute Gasteiger partial charge is 0.488 e. The molecule has 1 aliphatic heterocycles. The molecular formula is C32H27N3O3. The van der Waals surface area contributed by atoms with Crippen LogP contribution in [0.15, 0.2) is 114 Å². The van der Waals surface area contributed by atoms with E-state index < -0.39 is 4.92 Å². The fraction of sp³-hybridized carbons (Fsp3) is 0.156. The van der Waals surface area contributed by atoms with Gasteiger partial charge in [-0.1, -0.05) is 54.6 Å². The number of aliphatic imine (C=N–C) groups is 1. The molecule has 0 amide bonds. The summed E-state index contributed by atoms with van der Waals surface area (Å²) in [6.45, 7) is 0.312. The van der Waals surface area contributed by atoms with E-state index in [1.54, 1.807) is 12.1 Å². The van der Waals surface area contributed by atoms with Crippen molar-refractivity contribution in [2.24, 2.45) is 10.9 Å². The van der Waals surface area contributed by atoms with Gasteiger partial charge in [0.05, 0.1) is 16.7 Å². The number of para-hydroxylation sites is 2.